The third-order valence-corrected chi connectivity index (χ3v) is 8.22. The number of amides is 1. The van der Waals surface area contributed by atoms with Crippen molar-refractivity contribution >= 4 is 28.7 Å². The monoisotopic (exact) mass is 527 g/mol. The molecule has 1 saturated carbocycles. The van der Waals surface area contributed by atoms with E-state index in [2.05, 4.69) is 15.3 Å². The van der Waals surface area contributed by atoms with Gasteiger partial charge in [-0.15, -0.1) is 0 Å². The summed E-state index contributed by atoms with van der Waals surface area (Å²) in [5.41, 5.74) is -0.248. The van der Waals surface area contributed by atoms with Crippen LogP contribution in [0.3, 0.4) is 0 Å². The van der Waals surface area contributed by atoms with E-state index >= 15 is 0 Å². The van der Waals surface area contributed by atoms with Gasteiger partial charge in [0.15, 0.2) is 0 Å². The molecule has 4 heterocycles. The molecule has 1 aliphatic heterocycles. The van der Waals surface area contributed by atoms with Crippen LogP contribution in [0.4, 0.5) is 4.39 Å². The molecule has 0 unspecified atom stereocenters. The maximum Gasteiger partial charge on any atom is 0.333 e. The first-order valence-electron chi connectivity index (χ1n) is 12.8. The first kappa shape index (κ1) is 25.4. The predicted octanol–water partition coefficient (Wildman–Crippen LogP) is 3.47. The van der Waals surface area contributed by atoms with Crippen LogP contribution < -0.4 is 21.3 Å². The van der Waals surface area contributed by atoms with E-state index in [4.69, 9.17) is 4.74 Å². The van der Waals surface area contributed by atoms with Gasteiger partial charge in [-0.05, 0) is 75.2 Å². The number of carbonyl (C=O) groups is 1. The number of rotatable bonds is 6. The lowest BCUT2D eigenvalue weighted by Gasteiger charge is -2.31. The predicted molar refractivity (Wildman–Crippen MR) is 140 cm³/mol. The molecular formula is C26H30FN5O4S. The van der Waals surface area contributed by atoms with Gasteiger partial charge in [0.05, 0.1) is 18.2 Å². The minimum Gasteiger partial charge on any atom is -0.477 e. The molecule has 1 aliphatic carbocycles. The molecule has 11 heteroatoms. The smallest absolute Gasteiger partial charge is 0.333 e. The SMILES string of the molecule is CCOc1ncccc1C(=O)N[C@H]1CC[C@@H](n2c(=O)c3cc(F)cnc3n(C3CCSCC3)c2=O)CC1. The van der Waals surface area contributed by atoms with Crippen molar-refractivity contribution in [2.45, 2.75) is 63.6 Å². The Hall–Kier alpha value is -3.21. The highest BCUT2D eigenvalue weighted by atomic mass is 32.2. The zero-order chi connectivity index (χ0) is 25.9. The Morgan fingerprint density at radius 1 is 1.11 bits per heavy atom. The average Bonchev–Trinajstić information content (AvgIpc) is 2.91. The zero-order valence-electron chi connectivity index (χ0n) is 20.7. The molecule has 0 atom stereocenters. The minimum absolute atomic E-state index is 0.0734. The normalized spacial score (nSPS) is 20.6. The molecule has 3 aromatic rings. The van der Waals surface area contributed by atoms with Gasteiger partial charge in [0.2, 0.25) is 5.88 Å². The minimum atomic E-state index is -0.603. The fourth-order valence-electron chi connectivity index (χ4n) is 5.36. The van der Waals surface area contributed by atoms with Crippen molar-refractivity contribution in [3.63, 3.8) is 0 Å². The molecule has 5 rings (SSSR count). The Kier molecular flexibility index (Phi) is 7.59. The lowest BCUT2D eigenvalue weighted by Crippen LogP contribution is -2.46. The second-order valence-electron chi connectivity index (χ2n) is 9.46. The van der Waals surface area contributed by atoms with Crippen molar-refractivity contribution in [2.24, 2.45) is 0 Å². The van der Waals surface area contributed by atoms with Crippen LogP contribution in [0.15, 0.2) is 40.2 Å². The number of aromatic nitrogens is 4. The Labute approximate surface area is 217 Å². The van der Waals surface area contributed by atoms with Crippen molar-refractivity contribution in [1.29, 1.82) is 0 Å². The zero-order valence-corrected chi connectivity index (χ0v) is 21.5. The van der Waals surface area contributed by atoms with Gasteiger partial charge in [-0.2, -0.15) is 11.8 Å². The molecule has 2 fully saturated rings. The molecule has 3 aromatic heterocycles. The van der Waals surface area contributed by atoms with Gasteiger partial charge < -0.3 is 10.1 Å². The number of pyridine rings is 2. The molecule has 1 N–H and O–H groups in total. The van der Waals surface area contributed by atoms with Gasteiger partial charge in [-0.1, -0.05) is 0 Å². The molecule has 37 heavy (non-hydrogen) atoms. The molecule has 196 valence electrons. The van der Waals surface area contributed by atoms with Gasteiger partial charge in [0, 0.05) is 24.3 Å². The summed E-state index contributed by atoms with van der Waals surface area (Å²) in [6.45, 7) is 2.23. The Morgan fingerprint density at radius 3 is 2.57 bits per heavy atom. The highest BCUT2D eigenvalue weighted by Crippen LogP contribution is 2.30. The van der Waals surface area contributed by atoms with Crippen LogP contribution in [0.25, 0.3) is 11.0 Å². The van der Waals surface area contributed by atoms with E-state index < -0.39 is 11.4 Å². The van der Waals surface area contributed by atoms with Crippen molar-refractivity contribution in [3.05, 3.63) is 62.8 Å². The standard InChI is InChI=1S/C26H30FN5O4S/c1-2-36-24-20(4-3-11-28-24)23(33)30-17-5-7-18(8-6-17)32-25(34)21-14-16(27)15-29-22(21)31(26(32)35)19-9-12-37-13-10-19/h3-4,11,14-15,17-19H,2,5-10,12-13H2,1H3,(H,30,33)/t17-,18+. The van der Waals surface area contributed by atoms with E-state index in [-0.39, 0.29) is 40.8 Å². The van der Waals surface area contributed by atoms with Gasteiger partial charge in [-0.3, -0.25) is 18.7 Å². The second kappa shape index (κ2) is 11.0. The van der Waals surface area contributed by atoms with Crippen LogP contribution in [0, 0.1) is 5.82 Å². The van der Waals surface area contributed by atoms with Gasteiger partial charge in [-0.25, -0.2) is 19.2 Å². The summed E-state index contributed by atoms with van der Waals surface area (Å²) in [6, 6.07) is 4.04. The molecule has 0 bridgehead atoms. The number of fused-ring (bicyclic) bond motifs is 1. The largest absolute Gasteiger partial charge is 0.477 e. The number of hydrogen-bond acceptors (Lipinski definition) is 7. The van der Waals surface area contributed by atoms with E-state index in [1.807, 2.05) is 18.7 Å². The van der Waals surface area contributed by atoms with Crippen LogP contribution in [0.2, 0.25) is 0 Å². The van der Waals surface area contributed by atoms with Crippen LogP contribution in [-0.4, -0.2) is 49.2 Å². The molecule has 1 amide bonds. The first-order valence-corrected chi connectivity index (χ1v) is 13.9. The molecule has 0 spiro atoms. The van der Waals surface area contributed by atoms with Gasteiger partial charge in [0.1, 0.15) is 17.0 Å². The number of carbonyl (C=O) groups excluding carboxylic acids is 1. The average molecular weight is 528 g/mol. The summed E-state index contributed by atoms with van der Waals surface area (Å²) in [6.07, 6.45) is 6.53. The maximum atomic E-state index is 14.1. The van der Waals surface area contributed by atoms with Gasteiger partial charge >= 0.3 is 5.69 Å². The maximum absolute atomic E-state index is 14.1. The topological polar surface area (TPSA) is 108 Å². The number of thioether (sulfide) groups is 1. The molecule has 0 aromatic carbocycles. The van der Waals surface area contributed by atoms with Crippen LogP contribution >= 0.6 is 11.8 Å². The molecule has 0 radical (unpaired) electrons. The van der Waals surface area contributed by atoms with E-state index in [1.54, 1.807) is 22.9 Å². The van der Waals surface area contributed by atoms with Crippen molar-refractivity contribution in [1.82, 2.24) is 24.4 Å². The molecule has 2 aliphatic rings. The van der Waals surface area contributed by atoms with E-state index in [0.717, 1.165) is 30.5 Å². The number of nitrogens with zero attached hydrogens (tertiary/aromatic N) is 4. The molecule has 9 nitrogen and oxygen atoms in total. The summed E-state index contributed by atoms with van der Waals surface area (Å²) >= 11 is 1.84. The highest BCUT2D eigenvalue weighted by molar-refractivity contribution is 7.99. The third-order valence-electron chi connectivity index (χ3n) is 7.17. The summed E-state index contributed by atoms with van der Waals surface area (Å²) in [5, 5.41) is 3.18. The van der Waals surface area contributed by atoms with Crippen LogP contribution in [-0.2, 0) is 0 Å². The summed E-state index contributed by atoms with van der Waals surface area (Å²) in [5.74, 6) is 1.27. The van der Waals surface area contributed by atoms with Crippen LogP contribution in [0.5, 0.6) is 5.88 Å². The molecular weight excluding hydrogens is 497 g/mol. The van der Waals surface area contributed by atoms with E-state index in [0.29, 0.717) is 43.7 Å². The Morgan fingerprint density at radius 2 is 1.84 bits per heavy atom. The summed E-state index contributed by atoms with van der Waals surface area (Å²) in [7, 11) is 0. The lowest BCUT2D eigenvalue weighted by molar-refractivity contribution is 0.0917. The Balaban J connectivity index is 1.39. The molecule has 1 saturated heterocycles. The summed E-state index contributed by atoms with van der Waals surface area (Å²) in [4.78, 5) is 48.3. The fraction of sp³-hybridized carbons (Fsp3) is 0.500. The second-order valence-corrected chi connectivity index (χ2v) is 10.7. The summed E-state index contributed by atoms with van der Waals surface area (Å²) < 4.78 is 22.5. The lowest BCUT2D eigenvalue weighted by atomic mass is 9.90. The number of nitrogens with one attached hydrogen (secondary N) is 1. The van der Waals surface area contributed by atoms with Crippen molar-refractivity contribution in [2.75, 3.05) is 18.1 Å². The van der Waals surface area contributed by atoms with E-state index in [9.17, 15) is 18.8 Å². The number of halogens is 1. The van der Waals surface area contributed by atoms with Crippen molar-refractivity contribution in [3.8, 4) is 5.88 Å². The number of hydrogen-bond donors (Lipinski definition) is 1. The number of ether oxygens (including phenoxy) is 1. The highest BCUT2D eigenvalue weighted by Gasteiger charge is 2.30. The third kappa shape index (κ3) is 5.14. The first-order chi connectivity index (χ1) is 18.0. The van der Waals surface area contributed by atoms with Gasteiger partial charge in [0.25, 0.3) is 11.5 Å². The fourth-order valence-corrected chi connectivity index (χ4v) is 6.44. The van der Waals surface area contributed by atoms with E-state index in [1.165, 1.54) is 10.6 Å². The van der Waals surface area contributed by atoms with Crippen LogP contribution in [0.1, 0.15) is 67.9 Å². The quantitative estimate of drug-likeness (QED) is 0.523. The van der Waals surface area contributed by atoms with Crippen molar-refractivity contribution < 1.29 is 13.9 Å². The Bertz CT molecular complexity index is 1410.